The Labute approximate surface area is 116 Å². The van der Waals surface area contributed by atoms with E-state index in [9.17, 15) is 4.79 Å². The molecule has 0 aliphatic heterocycles. The fourth-order valence-corrected chi connectivity index (χ4v) is 1.76. The highest BCUT2D eigenvalue weighted by atomic mass is 16.6. The number of esters is 1. The van der Waals surface area contributed by atoms with Crippen molar-refractivity contribution in [1.29, 1.82) is 0 Å². The normalized spacial score (nSPS) is 11.8. The van der Waals surface area contributed by atoms with E-state index >= 15 is 0 Å². The van der Waals surface area contributed by atoms with Crippen LogP contribution in [-0.4, -0.2) is 25.2 Å². The van der Waals surface area contributed by atoms with Crippen LogP contribution in [0.3, 0.4) is 0 Å². The minimum Gasteiger partial charge on any atom is -0.490 e. The van der Waals surface area contributed by atoms with Gasteiger partial charge < -0.3 is 13.9 Å². The predicted octanol–water partition coefficient (Wildman–Crippen LogP) is 2.89. The van der Waals surface area contributed by atoms with Crippen molar-refractivity contribution >= 4 is 11.5 Å². The SMILES string of the molecule is COC(=O)/C(OC)=C(/C)c1cnc(-c2ccccc2)o1. The molecule has 2 rings (SSSR count). The number of hydrogen-bond donors (Lipinski definition) is 0. The summed E-state index contributed by atoms with van der Waals surface area (Å²) in [6.07, 6.45) is 1.56. The standard InChI is InChI=1S/C15H15NO4/c1-10(13(18-2)15(17)19-3)12-9-16-14(20-12)11-7-5-4-6-8-11/h4-9H,1-3H3/b13-10+. The smallest absolute Gasteiger partial charge is 0.373 e. The number of oxazole rings is 1. The minimum absolute atomic E-state index is 0.100. The maximum absolute atomic E-state index is 11.6. The van der Waals surface area contributed by atoms with Gasteiger partial charge >= 0.3 is 5.97 Å². The van der Waals surface area contributed by atoms with Crippen LogP contribution in [0.5, 0.6) is 0 Å². The molecule has 0 bridgehead atoms. The van der Waals surface area contributed by atoms with Crippen molar-refractivity contribution < 1.29 is 18.7 Å². The van der Waals surface area contributed by atoms with Crippen LogP contribution in [0.2, 0.25) is 0 Å². The lowest BCUT2D eigenvalue weighted by atomic mass is 10.2. The van der Waals surface area contributed by atoms with E-state index in [0.717, 1.165) is 5.56 Å². The van der Waals surface area contributed by atoms with Crippen molar-refractivity contribution in [1.82, 2.24) is 4.98 Å². The Kier molecular flexibility index (Phi) is 4.20. The van der Waals surface area contributed by atoms with Crippen LogP contribution in [0.1, 0.15) is 12.7 Å². The number of methoxy groups -OCH3 is 2. The summed E-state index contributed by atoms with van der Waals surface area (Å²) in [6, 6.07) is 9.51. The number of benzene rings is 1. The fourth-order valence-electron chi connectivity index (χ4n) is 1.76. The van der Waals surface area contributed by atoms with Crippen molar-refractivity contribution in [2.24, 2.45) is 0 Å². The molecule has 1 heterocycles. The molecule has 5 heteroatoms. The van der Waals surface area contributed by atoms with Gasteiger partial charge in [0.15, 0.2) is 5.76 Å². The van der Waals surface area contributed by atoms with Gasteiger partial charge in [-0.05, 0) is 19.1 Å². The second kappa shape index (κ2) is 6.06. The zero-order chi connectivity index (χ0) is 14.5. The van der Waals surface area contributed by atoms with E-state index in [-0.39, 0.29) is 5.76 Å². The van der Waals surface area contributed by atoms with Crippen molar-refractivity contribution in [3.8, 4) is 11.5 Å². The molecule has 0 N–H and O–H groups in total. The van der Waals surface area contributed by atoms with Crippen LogP contribution < -0.4 is 0 Å². The molecule has 0 aliphatic rings. The van der Waals surface area contributed by atoms with Crippen molar-refractivity contribution in [3.63, 3.8) is 0 Å². The molecule has 0 saturated carbocycles. The fraction of sp³-hybridized carbons (Fsp3) is 0.200. The predicted molar refractivity (Wildman–Crippen MR) is 73.6 cm³/mol. The zero-order valence-corrected chi connectivity index (χ0v) is 11.5. The van der Waals surface area contributed by atoms with Crippen molar-refractivity contribution in [2.75, 3.05) is 14.2 Å². The molecule has 0 aliphatic carbocycles. The molecule has 0 radical (unpaired) electrons. The molecule has 20 heavy (non-hydrogen) atoms. The maximum atomic E-state index is 11.6. The second-order valence-corrected chi connectivity index (χ2v) is 4.05. The van der Waals surface area contributed by atoms with E-state index in [1.54, 1.807) is 13.1 Å². The molecule has 1 aromatic carbocycles. The number of carbonyl (C=O) groups excluding carboxylic acids is 1. The Balaban J connectivity index is 2.37. The van der Waals surface area contributed by atoms with E-state index < -0.39 is 5.97 Å². The Morgan fingerprint density at radius 1 is 1.15 bits per heavy atom. The first kappa shape index (κ1) is 13.9. The van der Waals surface area contributed by atoms with Crippen LogP contribution in [-0.2, 0) is 14.3 Å². The second-order valence-electron chi connectivity index (χ2n) is 4.05. The first-order valence-electron chi connectivity index (χ1n) is 6.02. The molecular weight excluding hydrogens is 258 g/mol. The number of hydrogen-bond acceptors (Lipinski definition) is 5. The summed E-state index contributed by atoms with van der Waals surface area (Å²) in [5.41, 5.74) is 1.40. The molecule has 0 fully saturated rings. The third-order valence-electron chi connectivity index (χ3n) is 2.81. The average molecular weight is 273 g/mol. The summed E-state index contributed by atoms with van der Waals surface area (Å²) in [6.45, 7) is 1.71. The van der Waals surface area contributed by atoms with Crippen LogP contribution in [0, 0.1) is 0 Å². The highest BCUT2D eigenvalue weighted by molar-refractivity contribution is 5.94. The third-order valence-corrected chi connectivity index (χ3v) is 2.81. The van der Waals surface area contributed by atoms with E-state index in [1.165, 1.54) is 14.2 Å². The molecule has 2 aromatic rings. The number of nitrogens with zero attached hydrogens (tertiary/aromatic N) is 1. The number of allylic oxidation sites excluding steroid dienone is 1. The number of carbonyl (C=O) groups is 1. The van der Waals surface area contributed by atoms with Crippen LogP contribution >= 0.6 is 0 Å². The van der Waals surface area contributed by atoms with Gasteiger partial charge in [-0.1, -0.05) is 18.2 Å². The van der Waals surface area contributed by atoms with Crippen LogP contribution in [0.4, 0.5) is 0 Å². The van der Waals surface area contributed by atoms with E-state index in [2.05, 4.69) is 9.72 Å². The summed E-state index contributed by atoms with van der Waals surface area (Å²) in [4.78, 5) is 15.8. The first-order chi connectivity index (χ1) is 9.67. The largest absolute Gasteiger partial charge is 0.490 e. The van der Waals surface area contributed by atoms with Crippen LogP contribution in [0.25, 0.3) is 17.0 Å². The summed E-state index contributed by atoms with van der Waals surface area (Å²) in [5, 5.41) is 0. The first-order valence-corrected chi connectivity index (χ1v) is 6.02. The van der Waals surface area contributed by atoms with Gasteiger partial charge in [0, 0.05) is 11.1 Å². The summed E-state index contributed by atoms with van der Waals surface area (Å²) < 4.78 is 15.4. The molecular formula is C15H15NO4. The lowest BCUT2D eigenvalue weighted by molar-refractivity contribution is -0.139. The Morgan fingerprint density at radius 3 is 2.45 bits per heavy atom. The van der Waals surface area contributed by atoms with E-state index in [1.807, 2.05) is 30.3 Å². The maximum Gasteiger partial charge on any atom is 0.373 e. The number of ether oxygens (including phenoxy) is 2. The van der Waals surface area contributed by atoms with Gasteiger partial charge in [0.2, 0.25) is 11.6 Å². The minimum atomic E-state index is -0.553. The molecule has 0 unspecified atom stereocenters. The molecule has 104 valence electrons. The molecule has 0 amide bonds. The lowest BCUT2D eigenvalue weighted by Gasteiger charge is -2.06. The molecule has 1 aromatic heterocycles. The summed E-state index contributed by atoms with van der Waals surface area (Å²) >= 11 is 0. The number of rotatable bonds is 4. The van der Waals surface area contributed by atoms with E-state index in [0.29, 0.717) is 17.2 Å². The van der Waals surface area contributed by atoms with Crippen molar-refractivity contribution in [2.45, 2.75) is 6.92 Å². The van der Waals surface area contributed by atoms with Crippen LogP contribution in [0.15, 0.2) is 46.7 Å². The van der Waals surface area contributed by atoms with Crippen molar-refractivity contribution in [3.05, 3.63) is 48.0 Å². The monoisotopic (exact) mass is 273 g/mol. The Bertz CT molecular complexity index is 628. The van der Waals surface area contributed by atoms with E-state index in [4.69, 9.17) is 9.15 Å². The Morgan fingerprint density at radius 2 is 1.85 bits per heavy atom. The third kappa shape index (κ3) is 2.71. The lowest BCUT2D eigenvalue weighted by Crippen LogP contribution is -2.08. The van der Waals surface area contributed by atoms with Gasteiger partial charge in [-0.25, -0.2) is 9.78 Å². The average Bonchev–Trinajstić information content (AvgIpc) is 2.98. The van der Waals surface area contributed by atoms with Gasteiger partial charge in [-0.2, -0.15) is 0 Å². The molecule has 0 saturated heterocycles. The molecule has 5 nitrogen and oxygen atoms in total. The zero-order valence-electron chi connectivity index (χ0n) is 11.5. The quantitative estimate of drug-likeness (QED) is 0.487. The summed E-state index contributed by atoms with van der Waals surface area (Å²) in [5.74, 6) is 0.497. The van der Waals surface area contributed by atoms with Gasteiger partial charge in [-0.15, -0.1) is 0 Å². The Hall–Kier alpha value is -2.56. The topological polar surface area (TPSA) is 61.6 Å². The molecule has 0 spiro atoms. The van der Waals surface area contributed by atoms with Gasteiger partial charge in [0.05, 0.1) is 20.4 Å². The molecule has 0 atom stereocenters. The van der Waals surface area contributed by atoms with Gasteiger partial charge in [-0.3, -0.25) is 0 Å². The summed E-state index contributed by atoms with van der Waals surface area (Å²) in [7, 11) is 2.70. The number of aromatic nitrogens is 1. The van der Waals surface area contributed by atoms with Gasteiger partial charge in [0.25, 0.3) is 0 Å². The highest BCUT2D eigenvalue weighted by Crippen LogP contribution is 2.25. The highest BCUT2D eigenvalue weighted by Gasteiger charge is 2.18. The van der Waals surface area contributed by atoms with Gasteiger partial charge in [0.1, 0.15) is 0 Å².